The zero-order valence-electron chi connectivity index (χ0n) is 77.0. The largest absolute Gasteiger partial charge is 0.383 e. The molecule has 624 valence electrons. The van der Waals surface area contributed by atoms with E-state index in [-0.39, 0.29) is 11.4 Å². The van der Waals surface area contributed by atoms with Crippen molar-refractivity contribution in [2.24, 2.45) is 22.7 Å². The van der Waals surface area contributed by atoms with Gasteiger partial charge in [0.2, 0.25) is 5.91 Å². The lowest BCUT2D eigenvalue weighted by Crippen LogP contribution is -2.54. The molecule has 10 rings (SSSR count). The Morgan fingerprint density at radius 2 is 0.802 bits per heavy atom. The number of ether oxygens (including phenoxy) is 2. The van der Waals surface area contributed by atoms with Crippen LogP contribution in [-0.2, 0) is 19.7 Å². The van der Waals surface area contributed by atoms with Gasteiger partial charge in [-0.3, -0.25) is 49.0 Å². The molecule has 0 spiro atoms. The Labute approximate surface area is 660 Å². The van der Waals surface area contributed by atoms with Crippen molar-refractivity contribution in [1.82, 2.24) is 54.4 Å². The Kier molecular flexibility index (Phi) is 49.7. The van der Waals surface area contributed by atoms with Gasteiger partial charge in [0, 0.05) is 183 Å². The third kappa shape index (κ3) is 48.9. The zero-order valence-corrected chi connectivity index (χ0v) is 77.0. The van der Waals surface area contributed by atoms with Crippen LogP contribution < -0.4 is 10.2 Å². The van der Waals surface area contributed by atoms with Crippen molar-refractivity contribution in [3.63, 3.8) is 0 Å². The zero-order chi connectivity index (χ0) is 81.4. The van der Waals surface area contributed by atoms with Gasteiger partial charge >= 0.3 is 0 Å². The molecule has 8 fully saturated rings. The Bertz CT molecular complexity index is 2410. The summed E-state index contributed by atoms with van der Waals surface area (Å²) in [5, 5.41) is 2.80. The monoisotopic (exact) mass is 1490 g/mol. The highest BCUT2D eigenvalue weighted by molar-refractivity contribution is 5.78. The Hall–Kier alpha value is -2.80. The van der Waals surface area contributed by atoms with Crippen molar-refractivity contribution >= 4 is 11.6 Å². The number of likely N-dealkylation sites (tertiary alicyclic amines) is 2. The standard InChI is InChI=1S/C14H29N3.C13H21N3.C11H24N2O.C10H14.C8H16N2O.C8H17NO.C8H17N.C8H18.C7H14.2C2H6/c1-14(2,3)17-12-10-16(11-13-17)9-8-15-6-4-5-7-15;1-13(2,3)16-10-8-15(9-11-16)12-4-6-14-7-5-12;1-11(2,3)13-7-5-12(6-8-13)9-10-14-4;1-10(2,3)9-7-5-4-6-8-9;1-8(2,3)10-5-4-9-7(11)6-10;1-8(2,3)9-4-6-10-7-5-9;1-8(2,3)9-6-4-5-7-9;1-7(2)6-8(3,4)5;1-7(2,3)6-4-5-6;2*1-2/h4-13H2,1-3H3;4-7H,8-11H2,1-3H3;5-10H2,1-4H3;4-8H,1-3H3;4-6H2,1-3H3,(H,9,11);4-7H2,1-3H3;4-7H2,1-3H3;7H,6H2,1-5H3;6H,4-5H2,1-3H3;2*1-2H3. The minimum atomic E-state index is 0.123. The number of benzene rings is 1. The predicted octanol–water partition coefficient (Wildman–Crippen LogP) is 18.3. The average Bonchev–Trinajstić information content (AvgIpc) is 1.14. The Morgan fingerprint density at radius 3 is 1.08 bits per heavy atom. The number of hydrogen-bond acceptors (Lipinski definition) is 14. The highest BCUT2D eigenvalue weighted by atomic mass is 16.5. The van der Waals surface area contributed by atoms with Gasteiger partial charge in [0.15, 0.2) is 0 Å². The quantitative estimate of drug-likeness (QED) is 0.272. The number of amides is 1. The molecule has 0 atom stereocenters. The predicted molar refractivity (Wildman–Crippen MR) is 467 cm³/mol. The number of pyridine rings is 1. The van der Waals surface area contributed by atoms with Gasteiger partial charge in [0.1, 0.15) is 0 Å². The van der Waals surface area contributed by atoms with Crippen LogP contribution in [0.4, 0.5) is 5.69 Å². The Balaban J connectivity index is 0.00000118. The fraction of sp³-hybridized carbons (Fsp3) is 0.868. The summed E-state index contributed by atoms with van der Waals surface area (Å²) in [5.74, 6) is 2.04. The maximum absolute atomic E-state index is 11.0. The molecule has 8 aliphatic rings. The second-order valence-electron chi connectivity index (χ2n) is 39.9. The molecule has 1 aromatic carbocycles. The van der Waals surface area contributed by atoms with Crippen LogP contribution in [0.1, 0.15) is 279 Å². The summed E-state index contributed by atoms with van der Waals surface area (Å²) in [6.45, 7) is 104. The molecular formula is C91H182N12O3. The van der Waals surface area contributed by atoms with E-state index in [2.05, 4.69) is 303 Å². The molecule has 2 aromatic rings. The molecule has 7 aliphatic heterocycles. The van der Waals surface area contributed by atoms with E-state index in [4.69, 9.17) is 9.47 Å². The molecule has 1 N–H and O–H groups in total. The molecule has 0 bridgehead atoms. The van der Waals surface area contributed by atoms with Gasteiger partial charge in [-0.15, -0.1) is 0 Å². The summed E-state index contributed by atoms with van der Waals surface area (Å²) in [5.41, 5.74) is 5.95. The van der Waals surface area contributed by atoms with Gasteiger partial charge in [-0.05, 0) is 242 Å². The fourth-order valence-electron chi connectivity index (χ4n) is 13.9. The number of anilines is 1. The highest BCUT2D eigenvalue weighted by Crippen LogP contribution is 2.44. The van der Waals surface area contributed by atoms with E-state index in [1.807, 2.05) is 40.1 Å². The molecule has 8 heterocycles. The SMILES string of the molecule is CC.CC.CC(C)(C)C1CC1.CC(C)(C)N1CCCC1.CC(C)(C)N1CCN(CCN2CCCC2)CC1.CC(C)(C)N1CCN(c2ccncc2)CC1.CC(C)(C)N1CCNC(=O)C1.CC(C)(C)N1CCOCC1.CC(C)(C)c1ccccc1.CC(C)CC(C)(C)C.COCCN1CCN(C(C)(C)C)CC1. The third-order valence-corrected chi connectivity index (χ3v) is 20.9. The second kappa shape index (κ2) is 51.0. The van der Waals surface area contributed by atoms with Gasteiger partial charge in [-0.1, -0.05) is 134 Å². The van der Waals surface area contributed by atoms with Gasteiger partial charge < -0.3 is 24.6 Å². The number of morpholine rings is 1. The number of nitrogens with one attached hydrogen (secondary N) is 1. The number of methoxy groups -OCH3 is 1. The molecule has 1 aliphatic carbocycles. The second-order valence-corrected chi connectivity index (χ2v) is 39.9. The number of hydrogen-bond donors (Lipinski definition) is 1. The summed E-state index contributed by atoms with van der Waals surface area (Å²) in [7, 11) is 1.77. The maximum Gasteiger partial charge on any atom is 0.234 e. The maximum atomic E-state index is 11.0. The van der Waals surface area contributed by atoms with Crippen LogP contribution in [0, 0.1) is 22.7 Å². The summed E-state index contributed by atoms with van der Waals surface area (Å²) in [6.07, 6.45) is 13.6. The van der Waals surface area contributed by atoms with Crippen molar-refractivity contribution in [1.29, 1.82) is 0 Å². The average molecular weight is 1490 g/mol. The molecule has 15 heteroatoms. The van der Waals surface area contributed by atoms with E-state index in [0.29, 0.717) is 50.5 Å². The van der Waals surface area contributed by atoms with Crippen LogP contribution in [0.3, 0.4) is 0 Å². The molecule has 0 unspecified atom stereocenters. The van der Waals surface area contributed by atoms with Crippen molar-refractivity contribution in [3.05, 3.63) is 60.4 Å². The minimum Gasteiger partial charge on any atom is -0.383 e. The Morgan fingerprint density at radius 1 is 0.443 bits per heavy atom. The van der Waals surface area contributed by atoms with E-state index < -0.39 is 0 Å². The molecule has 106 heavy (non-hydrogen) atoms. The van der Waals surface area contributed by atoms with Crippen molar-refractivity contribution in [2.45, 2.75) is 312 Å². The minimum absolute atomic E-state index is 0.123. The molecule has 1 amide bonds. The number of piperazine rings is 4. The van der Waals surface area contributed by atoms with Crippen LogP contribution in [0.5, 0.6) is 0 Å². The lowest BCUT2D eigenvalue weighted by molar-refractivity contribution is -0.125. The van der Waals surface area contributed by atoms with Gasteiger partial charge in [-0.2, -0.15) is 0 Å². The smallest absolute Gasteiger partial charge is 0.234 e. The number of carbonyl (C=O) groups excluding carboxylic acids is 1. The summed E-state index contributed by atoms with van der Waals surface area (Å²) < 4.78 is 10.3. The summed E-state index contributed by atoms with van der Waals surface area (Å²) in [4.78, 5) is 40.1. The van der Waals surface area contributed by atoms with Gasteiger partial charge in [0.25, 0.3) is 0 Å². The lowest BCUT2D eigenvalue weighted by Gasteiger charge is -2.43. The van der Waals surface area contributed by atoms with Crippen molar-refractivity contribution in [3.8, 4) is 0 Å². The lowest BCUT2D eigenvalue weighted by atomic mass is 9.86. The topological polar surface area (TPSA) is 92.9 Å². The van der Waals surface area contributed by atoms with Crippen LogP contribution in [-0.4, -0.2) is 272 Å². The van der Waals surface area contributed by atoms with E-state index in [0.717, 1.165) is 90.6 Å². The normalized spacial score (nSPS) is 19.8. The van der Waals surface area contributed by atoms with E-state index >= 15 is 0 Å². The van der Waals surface area contributed by atoms with Gasteiger partial charge in [-0.25, -0.2) is 0 Å². The van der Waals surface area contributed by atoms with E-state index in [1.165, 1.54) is 148 Å². The molecule has 1 saturated carbocycles. The number of rotatable bonds is 8. The van der Waals surface area contributed by atoms with Gasteiger partial charge in [0.05, 0.1) is 26.4 Å². The molecule has 15 nitrogen and oxygen atoms in total. The first-order chi connectivity index (χ1) is 49.0. The number of aromatic nitrogens is 1. The fourth-order valence-corrected chi connectivity index (χ4v) is 13.9. The molecule has 1 aromatic heterocycles. The molecular weight excluding hydrogens is 1310 g/mol. The highest BCUT2D eigenvalue weighted by Gasteiger charge is 2.34. The van der Waals surface area contributed by atoms with E-state index in [1.54, 1.807) is 7.11 Å². The first-order valence-corrected chi connectivity index (χ1v) is 42.7. The van der Waals surface area contributed by atoms with Crippen molar-refractivity contribution in [2.75, 3.05) is 189 Å². The first kappa shape index (κ1) is 103. The first-order valence-electron chi connectivity index (χ1n) is 42.7. The van der Waals surface area contributed by atoms with Crippen LogP contribution >= 0.6 is 0 Å². The molecule has 0 radical (unpaired) electrons. The number of nitrogens with zero attached hydrogens (tertiary/aromatic N) is 11. The third-order valence-electron chi connectivity index (χ3n) is 20.9. The van der Waals surface area contributed by atoms with Crippen LogP contribution in [0.25, 0.3) is 0 Å². The van der Waals surface area contributed by atoms with Crippen LogP contribution in [0.15, 0.2) is 54.9 Å². The van der Waals surface area contributed by atoms with Crippen LogP contribution in [0.2, 0.25) is 0 Å². The van der Waals surface area contributed by atoms with Crippen molar-refractivity contribution < 1.29 is 14.3 Å². The number of carbonyl (C=O) groups is 1. The van der Waals surface area contributed by atoms with E-state index in [9.17, 15) is 4.79 Å². The summed E-state index contributed by atoms with van der Waals surface area (Å²) >= 11 is 0. The molecule has 7 saturated heterocycles. The summed E-state index contributed by atoms with van der Waals surface area (Å²) in [6, 6.07) is 14.7.